The number of nitro benzene ring substituents is 1. The van der Waals surface area contributed by atoms with Crippen molar-refractivity contribution in [2.24, 2.45) is 0 Å². The molecule has 0 fully saturated rings. The third-order valence-electron chi connectivity index (χ3n) is 3.03. The standard InChI is InChI=1S/C15H12ClNO3/c1-10-4-2-3-5-11(10)8-15(18)12-6-13(16)9-14(7-12)17(19)20/h2-7,9H,8H2,1H3. The average molecular weight is 290 g/mol. The number of carbonyl (C=O) groups excluding carboxylic acids is 1. The predicted octanol–water partition coefficient (Wildman–Crippen LogP) is 3.98. The maximum Gasteiger partial charge on any atom is 0.271 e. The van der Waals surface area contributed by atoms with Crippen LogP contribution in [0.25, 0.3) is 0 Å². The topological polar surface area (TPSA) is 60.2 Å². The van der Waals surface area contributed by atoms with Crippen molar-refractivity contribution < 1.29 is 9.72 Å². The third kappa shape index (κ3) is 3.22. The van der Waals surface area contributed by atoms with Crippen LogP contribution in [-0.2, 0) is 6.42 Å². The number of Topliss-reactive ketones (excluding diaryl/α,β-unsaturated/α-hetero) is 1. The first-order valence-electron chi connectivity index (χ1n) is 6.00. The molecule has 0 saturated heterocycles. The van der Waals surface area contributed by atoms with E-state index >= 15 is 0 Å². The summed E-state index contributed by atoms with van der Waals surface area (Å²) in [6.45, 7) is 1.92. The van der Waals surface area contributed by atoms with Crippen LogP contribution in [0.2, 0.25) is 5.02 Å². The summed E-state index contributed by atoms with van der Waals surface area (Å²) in [4.78, 5) is 22.4. The summed E-state index contributed by atoms with van der Waals surface area (Å²) in [6.07, 6.45) is 0.199. The van der Waals surface area contributed by atoms with Crippen LogP contribution in [0, 0.1) is 17.0 Å². The van der Waals surface area contributed by atoms with Gasteiger partial charge in [0.05, 0.1) is 4.92 Å². The highest BCUT2D eigenvalue weighted by Crippen LogP contribution is 2.22. The molecular formula is C15H12ClNO3. The second-order valence-corrected chi connectivity index (χ2v) is 4.92. The molecule has 0 saturated carbocycles. The van der Waals surface area contributed by atoms with Gasteiger partial charge < -0.3 is 0 Å². The van der Waals surface area contributed by atoms with E-state index in [2.05, 4.69) is 0 Å². The van der Waals surface area contributed by atoms with E-state index in [9.17, 15) is 14.9 Å². The number of hydrogen-bond donors (Lipinski definition) is 0. The first-order chi connectivity index (χ1) is 9.47. The van der Waals surface area contributed by atoms with Crippen molar-refractivity contribution in [3.05, 3.63) is 74.3 Å². The molecule has 4 nitrogen and oxygen atoms in total. The Bertz CT molecular complexity index is 683. The van der Waals surface area contributed by atoms with Gasteiger partial charge in [-0.15, -0.1) is 0 Å². The van der Waals surface area contributed by atoms with E-state index in [1.54, 1.807) is 0 Å². The lowest BCUT2D eigenvalue weighted by atomic mass is 9.99. The Kier molecular flexibility index (Phi) is 4.15. The van der Waals surface area contributed by atoms with Gasteiger partial charge >= 0.3 is 0 Å². The van der Waals surface area contributed by atoms with Crippen molar-refractivity contribution in [2.45, 2.75) is 13.3 Å². The fourth-order valence-electron chi connectivity index (χ4n) is 1.92. The number of aryl methyl sites for hydroxylation is 1. The van der Waals surface area contributed by atoms with Crippen molar-refractivity contribution in [3.8, 4) is 0 Å². The van der Waals surface area contributed by atoms with Crippen molar-refractivity contribution >= 4 is 23.1 Å². The molecule has 0 aliphatic rings. The summed E-state index contributed by atoms with van der Waals surface area (Å²) in [6, 6.07) is 11.5. The summed E-state index contributed by atoms with van der Waals surface area (Å²) in [5.41, 5.74) is 2.00. The molecule has 20 heavy (non-hydrogen) atoms. The van der Waals surface area contributed by atoms with E-state index in [0.717, 1.165) is 11.1 Å². The van der Waals surface area contributed by atoms with E-state index in [4.69, 9.17) is 11.6 Å². The number of carbonyl (C=O) groups is 1. The molecular weight excluding hydrogens is 278 g/mol. The Balaban J connectivity index is 2.30. The molecule has 0 heterocycles. The quantitative estimate of drug-likeness (QED) is 0.486. The molecule has 2 aromatic rings. The summed E-state index contributed by atoms with van der Waals surface area (Å²) in [5, 5.41) is 11.0. The normalized spacial score (nSPS) is 10.3. The first kappa shape index (κ1) is 14.2. The van der Waals surface area contributed by atoms with Gasteiger partial charge in [-0.05, 0) is 24.1 Å². The highest BCUT2D eigenvalue weighted by atomic mass is 35.5. The van der Waals surface area contributed by atoms with Crippen LogP contribution in [0.4, 0.5) is 5.69 Å². The maximum absolute atomic E-state index is 12.2. The molecule has 0 aromatic heterocycles. The highest BCUT2D eigenvalue weighted by Gasteiger charge is 2.15. The number of halogens is 1. The zero-order chi connectivity index (χ0) is 14.7. The smallest absolute Gasteiger partial charge is 0.271 e. The average Bonchev–Trinajstić information content (AvgIpc) is 2.40. The molecule has 0 aliphatic carbocycles. The molecule has 0 spiro atoms. The molecule has 0 radical (unpaired) electrons. The predicted molar refractivity (Wildman–Crippen MR) is 77.3 cm³/mol. The van der Waals surface area contributed by atoms with Crippen LogP contribution in [0.3, 0.4) is 0 Å². The van der Waals surface area contributed by atoms with Crippen molar-refractivity contribution in [1.82, 2.24) is 0 Å². The van der Waals surface area contributed by atoms with Gasteiger partial charge in [-0.25, -0.2) is 0 Å². The molecule has 5 heteroatoms. The third-order valence-corrected chi connectivity index (χ3v) is 3.25. The Hall–Kier alpha value is -2.20. The van der Waals surface area contributed by atoms with Gasteiger partial charge in [-0.1, -0.05) is 35.9 Å². The second-order valence-electron chi connectivity index (χ2n) is 4.48. The van der Waals surface area contributed by atoms with Crippen LogP contribution in [0.15, 0.2) is 42.5 Å². The van der Waals surface area contributed by atoms with Crippen molar-refractivity contribution in [1.29, 1.82) is 0 Å². The zero-order valence-electron chi connectivity index (χ0n) is 10.8. The Morgan fingerprint density at radius 2 is 1.95 bits per heavy atom. The first-order valence-corrected chi connectivity index (χ1v) is 6.38. The van der Waals surface area contributed by atoms with Crippen LogP contribution >= 0.6 is 11.6 Å². The number of rotatable bonds is 4. The van der Waals surface area contributed by atoms with E-state index < -0.39 is 4.92 Å². The van der Waals surface area contributed by atoms with E-state index in [1.165, 1.54) is 18.2 Å². The van der Waals surface area contributed by atoms with E-state index in [-0.39, 0.29) is 28.5 Å². The van der Waals surface area contributed by atoms with Gasteiger partial charge in [-0.2, -0.15) is 0 Å². The van der Waals surface area contributed by atoms with Gasteiger partial charge in [0.1, 0.15) is 0 Å². The molecule has 0 N–H and O–H groups in total. The highest BCUT2D eigenvalue weighted by molar-refractivity contribution is 6.31. The molecule has 0 bridgehead atoms. The monoisotopic (exact) mass is 289 g/mol. The summed E-state index contributed by atoms with van der Waals surface area (Å²) >= 11 is 5.82. The molecule has 0 unspecified atom stereocenters. The Morgan fingerprint density at radius 3 is 2.60 bits per heavy atom. The minimum Gasteiger partial charge on any atom is -0.294 e. The van der Waals surface area contributed by atoms with Crippen LogP contribution in [-0.4, -0.2) is 10.7 Å². The Labute approximate surface area is 121 Å². The lowest BCUT2D eigenvalue weighted by Gasteiger charge is -2.05. The van der Waals surface area contributed by atoms with Gasteiger partial charge in [-0.3, -0.25) is 14.9 Å². The largest absolute Gasteiger partial charge is 0.294 e. The SMILES string of the molecule is Cc1ccccc1CC(=O)c1cc(Cl)cc([N+](=O)[O-])c1. The number of non-ortho nitro benzene ring substituents is 1. The molecule has 2 aromatic carbocycles. The number of nitro groups is 1. The molecule has 2 rings (SSSR count). The van der Waals surface area contributed by atoms with Gasteiger partial charge in [0, 0.05) is 29.1 Å². The number of ketones is 1. The fourth-order valence-corrected chi connectivity index (χ4v) is 2.15. The molecule has 102 valence electrons. The number of benzene rings is 2. The summed E-state index contributed by atoms with van der Waals surface area (Å²) in [5.74, 6) is -0.190. The second kappa shape index (κ2) is 5.84. The van der Waals surface area contributed by atoms with Gasteiger partial charge in [0.15, 0.2) is 5.78 Å². The van der Waals surface area contributed by atoms with Gasteiger partial charge in [0.25, 0.3) is 5.69 Å². The lowest BCUT2D eigenvalue weighted by Crippen LogP contribution is -2.05. The zero-order valence-corrected chi connectivity index (χ0v) is 11.6. The molecule has 0 aliphatic heterocycles. The maximum atomic E-state index is 12.2. The van der Waals surface area contributed by atoms with Crippen LogP contribution in [0.5, 0.6) is 0 Å². The van der Waals surface area contributed by atoms with Crippen LogP contribution in [0.1, 0.15) is 21.5 Å². The van der Waals surface area contributed by atoms with Crippen molar-refractivity contribution in [3.63, 3.8) is 0 Å². The minimum absolute atomic E-state index is 0.175. The fraction of sp³-hybridized carbons (Fsp3) is 0.133. The van der Waals surface area contributed by atoms with Crippen LogP contribution < -0.4 is 0 Å². The van der Waals surface area contributed by atoms with Crippen molar-refractivity contribution in [2.75, 3.05) is 0 Å². The van der Waals surface area contributed by atoms with E-state index in [1.807, 2.05) is 31.2 Å². The lowest BCUT2D eigenvalue weighted by molar-refractivity contribution is -0.384. The molecule has 0 amide bonds. The number of nitrogens with zero attached hydrogens (tertiary/aromatic N) is 1. The minimum atomic E-state index is -0.559. The summed E-state index contributed by atoms with van der Waals surface area (Å²) < 4.78 is 0. The summed E-state index contributed by atoms with van der Waals surface area (Å²) in [7, 11) is 0. The Morgan fingerprint density at radius 1 is 1.25 bits per heavy atom. The van der Waals surface area contributed by atoms with E-state index in [0.29, 0.717) is 0 Å². The molecule has 0 atom stereocenters. The van der Waals surface area contributed by atoms with Gasteiger partial charge in [0.2, 0.25) is 0 Å². The number of hydrogen-bond acceptors (Lipinski definition) is 3.